The summed E-state index contributed by atoms with van der Waals surface area (Å²) < 4.78 is 33.7. The summed E-state index contributed by atoms with van der Waals surface area (Å²) in [6, 6.07) is 11.2. The average Bonchev–Trinajstić information content (AvgIpc) is 2.98. The lowest BCUT2D eigenvalue weighted by molar-refractivity contribution is 0.280. The summed E-state index contributed by atoms with van der Waals surface area (Å²) in [5.41, 5.74) is 0.410. The Bertz CT molecular complexity index is 679. The van der Waals surface area contributed by atoms with Gasteiger partial charge >= 0.3 is 0 Å². The zero-order chi connectivity index (χ0) is 14.9. The van der Waals surface area contributed by atoms with Crippen LogP contribution in [0.2, 0.25) is 0 Å². The summed E-state index contributed by atoms with van der Waals surface area (Å²) in [4.78, 5) is 4.26. The summed E-state index contributed by atoms with van der Waals surface area (Å²) in [7, 11) is 0. The Morgan fingerprint density at radius 2 is 1.86 bits per heavy atom. The SMILES string of the molecule is [CH2]Cc1cccc(C2(c3c(F)cccc3F)COC=N2)c1. The van der Waals surface area contributed by atoms with Crippen LogP contribution in [0.4, 0.5) is 8.78 Å². The molecular weight excluding hydrogens is 272 g/mol. The van der Waals surface area contributed by atoms with E-state index in [9.17, 15) is 8.78 Å². The highest BCUT2D eigenvalue weighted by molar-refractivity contribution is 5.56. The van der Waals surface area contributed by atoms with E-state index in [1.807, 2.05) is 18.2 Å². The number of hydrogen-bond donors (Lipinski definition) is 0. The molecule has 2 nitrogen and oxygen atoms in total. The molecule has 0 saturated heterocycles. The largest absolute Gasteiger partial charge is 0.480 e. The zero-order valence-corrected chi connectivity index (χ0v) is 11.4. The minimum atomic E-state index is -1.18. The maximum Gasteiger partial charge on any atom is 0.170 e. The number of hydrogen-bond acceptors (Lipinski definition) is 2. The van der Waals surface area contributed by atoms with E-state index in [4.69, 9.17) is 4.74 Å². The predicted octanol–water partition coefficient (Wildman–Crippen LogP) is 3.64. The Morgan fingerprint density at radius 1 is 1.14 bits per heavy atom. The van der Waals surface area contributed by atoms with Crippen molar-refractivity contribution in [2.24, 2.45) is 4.99 Å². The van der Waals surface area contributed by atoms with Gasteiger partial charge in [-0.25, -0.2) is 13.8 Å². The van der Waals surface area contributed by atoms with Crippen LogP contribution in [0.3, 0.4) is 0 Å². The average molecular weight is 286 g/mol. The zero-order valence-electron chi connectivity index (χ0n) is 11.4. The molecule has 0 aromatic heterocycles. The fourth-order valence-electron chi connectivity index (χ4n) is 2.64. The maximum absolute atomic E-state index is 14.2. The molecule has 0 spiro atoms. The lowest BCUT2D eigenvalue weighted by atomic mass is 9.83. The molecule has 0 bridgehead atoms. The maximum atomic E-state index is 14.2. The number of nitrogens with zero attached hydrogens (tertiary/aromatic N) is 1. The van der Waals surface area contributed by atoms with Gasteiger partial charge in [0.25, 0.3) is 0 Å². The standard InChI is InChI=1S/C17H14F2NO/c1-2-12-5-3-6-13(9-12)17(10-21-11-20-17)16-14(18)7-4-8-15(16)19/h3-9,11H,1-2,10H2. The van der Waals surface area contributed by atoms with Crippen LogP contribution >= 0.6 is 0 Å². The molecule has 1 heterocycles. The minimum Gasteiger partial charge on any atom is -0.480 e. The van der Waals surface area contributed by atoms with E-state index in [-0.39, 0.29) is 12.2 Å². The van der Waals surface area contributed by atoms with Crippen molar-refractivity contribution in [2.45, 2.75) is 12.0 Å². The van der Waals surface area contributed by atoms with Crippen molar-refractivity contribution in [3.05, 3.63) is 77.7 Å². The number of rotatable bonds is 3. The molecule has 0 amide bonds. The molecule has 0 aliphatic carbocycles. The highest BCUT2D eigenvalue weighted by Crippen LogP contribution is 2.39. The van der Waals surface area contributed by atoms with Crippen molar-refractivity contribution in [1.29, 1.82) is 0 Å². The summed E-state index contributed by atoms with van der Waals surface area (Å²) in [5.74, 6) is -1.25. The number of ether oxygens (including phenoxy) is 1. The first-order valence-corrected chi connectivity index (χ1v) is 6.66. The van der Waals surface area contributed by atoms with Gasteiger partial charge in [0.2, 0.25) is 0 Å². The summed E-state index contributed by atoms with van der Waals surface area (Å²) in [5, 5.41) is 0. The number of benzene rings is 2. The van der Waals surface area contributed by atoms with E-state index >= 15 is 0 Å². The lowest BCUT2D eigenvalue weighted by Crippen LogP contribution is -2.30. The van der Waals surface area contributed by atoms with E-state index in [2.05, 4.69) is 11.9 Å². The highest BCUT2D eigenvalue weighted by Gasteiger charge is 2.42. The van der Waals surface area contributed by atoms with Gasteiger partial charge in [0.05, 0.1) is 5.56 Å². The Balaban J connectivity index is 2.23. The van der Waals surface area contributed by atoms with Crippen molar-refractivity contribution < 1.29 is 13.5 Å². The number of aliphatic imine (C=N–C) groups is 1. The van der Waals surface area contributed by atoms with Crippen LogP contribution in [0.5, 0.6) is 0 Å². The molecule has 3 rings (SSSR count). The normalized spacial score (nSPS) is 20.5. The van der Waals surface area contributed by atoms with Gasteiger partial charge in [0, 0.05) is 0 Å². The van der Waals surface area contributed by atoms with Gasteiger partial charge in [-0.3, -0.25) is 0 Å². The molecule has 2 aromatic carbocycles. The molecule has 1 radical (unpaired) electrons. The van der Waals surface area contributed by atoms with Crippen LogP contribution in [-0.2, 0) is 16.7 Å². The topological polar surface area (TPSA) is 21.6 Å². The van der Waals surface area contributed by atoms with Gasteiger partial charge in [-0.2, -0.15) is 0 Å². The van der Waals surface area contributed by atoms with Crippen molar-refractivity contribution in [1.82, 2.24) is 0 Å². The molecule has 1 aliphatic heterocycles. The van der Waals surface area contributed by atoms with Crippen molar-refractivity contribution in [3.8, 4) is 0 Å². The molecule has 1 aliphatic rings. The van der Waals surface area contributed by atoms with Crippen LogP contribution in [-0.4, -0.2) is 13.0 Å². The fraction of sp³-hybridized carbons (Fsp3) is 0.176. The second-order valence-corrected chi connectivity index (χ2v) is 4.95. The Kier molecular flexibility index (Phi) is 3.45. The summed E-state index contributed by atoms with van der Waals surface area (Å²) >= 11 is 0. The van der Waals surface area contributed by atoms with Gasteiger partial charge in [-0.15, -0.1) is 0 Å². The molecule has 4 heteroatoms. The van der Waals surface area contributed by atoms with Crippen LogP contribution in [0.1, 0.15) is 16.7 Å². The third kappa shape index (κ3) is 2.20. The molecule has 0 fully saturated rings. The first-order valence-electron chi connectivity index (χ1n) is 6.66. The molecule has 21 heavy (non-hydrogen) atoms. The fourth-order valence-corrected chi connectivity index (χ4v) is 2.64. The van der Waals surface area contributed by atoms with E-state index < -0.39 is 17.2 Å². The quantitative estimate of drug-likeness (QED) is 0.844. The first kappa shape index (κ1) is 13.7. The van der Waals surface area contributed by atoms with Crippen molar-refractivity contribution in [3.63, 3.8) is 0 Å². The molecular formula is C17H14F2NO. The molecule has 2 aromatic rings. The van der Waals surface area contributed by atoms with Gasteiger partial charge in [-0.1, -0.05) is 30.3 Å². The Labute approximate surface area is 122 Å². The van der Waals surface area contributed by atoms with Crippen LogP contribution < -0.4 is 0 Å². The molecule has 1 unspecified atom stereocenters. The Morgan fingerprint density at radius 3 is 2.48 bits per heavy atom. The van der Waals surface area contributed by atoms with Crippen molar-refractivity contribution in [2.75, 3.05) is 6.61 Å². The smallest absolute Gasteiger partial charge is 0.170 e. The van der Waals surface area contributed by atoms with Crippen molar-refractivity contribution >= 4 is 6.40 Å². The predicted molar refractivity (Wildman–Crippen MR) is 77.1 cm³/mol. The van der Waals surface area contributed by atoms with Crippen LogP contribution in [0, 0.1) is 18.6 Å². The lowest BCUT2D eigenvalue weighted by Gasteiger charge is -2.26. The minimum absolute atomic E-state index is 0.0749. The second-order valence-electron chi connectivity index (χ2n) is 4.95. The number of halogens is 2. The third-order valence-electron chi connectivity index (χ3n) is 3.71. The second kappa shape index (κ2) is 5.28. The monoisotopic (exact) mass is 286 g/mol. The molecule has 0 saturated carbocycles. The van der Waals surface area contributed by atoms with E-state index in [1.165, 1.54) is 24.6 Å². The summed E-state index contributed by atoms with van der Waals surface area (Å²) in [6.07, 6.45) is 1.84. The molecule has 1 atom stereocenters. The first-order chi connectivity index (χ1) is 10.2. The third-order valence-corrected chi connectivity index (χ3v) is 3.71. The Hall–Kier alpha value is -2.23. The van der Waals surface area contributed by atoms with E-state index in [0.717, 1.165) is 5.56 Å². The van der Waals surface area contributed by atoms with Gasteiger partial charge in [0.1, 0.15) is 18.2 Å². The summed E-state index contributed by atoms with van der Waals surface area (Å²) in [6.45, 7) is 3.91. The van der Waals surface area contributed by atoms with Gasteiger partial charge in [-0.05, 0) is 36.6 Å². The van der Waals surface area contributed by atoms with E-state index in [0.29, 0.717) is 12.0 Å². The molecule has 0 N–H and O–H groups in total. The molecule has 107 valence electrons. The van der Waals surface area contributed by atoms with Crippen LogP contribution in [0.15, 0.2) is 47.5 Å². The van der Waals surface area contributed by atoms with E-state index in [1.54, 1.807) is 6.07 Å². The van der Waals surface area contributed by atoms with Gasteiger partial charge in [0.15, 0.2) is 11.9 Å². The highest BCUT2D eigenvalue weighted by atomic mass is 19.1. The van der Waals surface area contributed by atoms with Gasteiger partial charge < -0.3 is 4.74 Å². The van der Waals surface area contributed by atoms with Crippen LogP contribution in [0.25, 0.3) is 0 Å².